The van der Waals surface area contributed by atoms with Crippen LogP contribution in [0.4, 0.5) is 16.2 Å². The molecule has 5 heteroatoms. The summed E-state index contributed by atoms with van der Waals surface area (Å²) in [5.41, 5.74) is 2.16. The third-order valence-electron chi connectivity index (χ3n) is 3.75. The van der Waals surface area contributed by atoms with Crippen molar-refractivity contribution in [2.24, 2.45) is 0 Å². The molecule has 0 aliphatic rings. The maximum atomic E-state index is 12.2. The van der Waals surface area contributed by atoms with E-state index in [-0.39, 0.29) is 6.03 Å². The second kappa shape index (κ2) is 8.07. The molecular formula is C21H20N2O3. The number of carbonyl (C=O) groups is 1. The molecule has 0 fully saturated rings. The summed E-state index contributed by atoms with van der Waals surface area (Å²) in [6, 6.07) is 22.0. The van der Waals surface area contributed by atoms with Gasteiger partial charge in [0.2, 0.25) is 0 Å². The first-order chi connectivity index (χ1) is 12.7. The van der Waals surface area contributed by atoms with E-state index in [2.05, 4.69) is 10.6 Å². The van der Waals surface area contributed by atoms with E-state index in [4.69, 9.17) is 9.47 Å². The molecule has 3 aromatic rings. The first-order valence-electron chi connectivity index (χ1n) is 8.20. The average Bonchev–Trinajstić information content (AvgIpc) is 2.65. The number of aryl methyl sites for hydroxylation is 1. The largest absolute Gasteiger partial charge is 0.494 e. The standard InChI is InChI=1S/C21H20N2O3/c1-15-13-18(23-21(24)22-16-9-5-3-6-10-16)20(25-2)14-19(15)26-17-11-7-4-8-12-17/h3-14H,1-2H3,(H2,22,23,24). The van der Waals surface area contributed by atoms with Gasteiger partial charge in [-0.1, -0.05) is 36.4 Å². The molecule has 5 nitrogen and oxygen atoms in total. The number of urea groups is 1. The van der Waals surface area contributed by atoms with E-state index in [1.807, 2.05) is 73.7 Å². The molecule has 3 rings (SSSR count). The van der Waals surface area contributed by atoms with Crippen molar-refractivity contribution >= 4 is 17.4 Å². The molecule has 3 aromatic carbocycles. The fourth-order valence-corrected chi connectivity index (χ4v) is 2.47. The molecule has 2 N–H and O–H groups in total. The Morgan fingerprint density at radius 2 is 1.50 bits per heavy atom. The van der Waals surface area contributed by atoms with Crippen molar-refractivity contribution in [2.75, 3.05) is 17.7 Å². The van der Waals surface area contributed by atoms with Crippen LogP contribution in [-0.4, -0.2) is 13.1 Å². The van der Waals surface area contributed by atoms with E-state index < -0.39 is 0 Å². The van der Waals surface area contributed by atoms with E-state index in [9.17, 15) is 4.79 Å². The van der Waals surface area contributed by atoms with E-state index in [1.54, 1.807) is 13.2 Å². The van der Waals surface area contributed by atoms with Crippen LogP contribution in [0.3, 0.4) is 0 Å². The highest BCUT2D eigenvalue weighted by molar-refractivity contribution is 6.00. The first kappa shape index (κ1) is 17.4. The van der Waals surface area contributed by atoms with Crippen LogP contribution in [0.1, 0.15) is 5.56 Å². The van der Waals surface area contributed by atoms with Crippen LogP contribution in [0, 0.1) is 6.92 Å². The first-order valence-corrected chi connectivity index (χ1v) is 8.20. The van der Waals surface area contributed by atoms with Gasteiger partial charge >= 0.3 is 6.03 Å². The number of para-hydroxylation sites is 2. The number of hydrogen-bond acceptors (Lipinski definition) is 3. The third kappa shape index (κ3) is 4.33. The lowest BCUT2D eigenvalue weighted by atomic mass is 10.1. The molecule has 2 amide bonds. The van der Waals surface area contributed by atoms with E-state index in [0.29, 0.717) is 22.9 Å². The third-order valence-corrected chi connectivity index (χ3v) is 3.75. The summed E-state index contributed by atoms with van der Waals surface area (Å²) in [4.78, 5) is 12.2. The number of methoxy groups -OCH3 is 1. The number of benzene rings is 3. The quantitative estimate of drug-likeness (QED) is 0.645. The molecule has 0 unspecified atom stereocenters. The van der Waals surface area contributed by atoms with Gasteiger partial charge in [0.25, 0.3) is 0 Å². The summed E-state index contributed by atoms with van der Waals surface area (Å²) in [7, 11) is 1.55. The predicted molar refractivity (Wildman–Crippen MR) is 103 cm³/mol. The molecule has 0 radical (unpaired) electrons. The van der Waals surface area contributed by atoms with Crippen LogP contribution in [0.25, 0.3) is 0 Å². The van der Waals surface area contributed by atoms with Crippen molar-refractivity contribution in [1.82, 2.24) is 0 Å². The van der Waals surface area contributed by atoms with Crippen LogP contribution >= 0.6 is 0 Å². The molecule has 0 atom stereocenters. The van der Waals surface area contributed by atoms with Crippen LogP contribution in [0.15, 0.2) is 72.8 Å². The zero-order valence-electron chi connectivity index (χ0n) is 14.7. The Balaban J connectivity index is 1.77. The zero-order chi connectivity index (χ0) is 18.4. The molecule has 0 aliphatic carbocycles. The summed E-state index contributed by atoms with van der Waals surface area (Å²) in [5.74, 6) is 1.92. The van der Waals surface area contributed by atoms with Crippen molar-refractivity contribution in [1.29, 1.82) is 0 Å². The molecule has 0 bridgehead atoms. The summed E-state index contributed by atoms with van der Waals surface area (Å²) in [6.07, 6.45) is 0. The predicted octanol–water partition coefficient (Wildman–Crippen LogP) is 5.44. The Morgan fingerprint density at radius 1 is 0.846 bits per heavy atom. The van der Waals surface area contributed by atoms with E-state index in [0.717, 1.165) is 11.3 Å². The normalized spacial score (nSPS) is 10.1. The Labute approximate surface area is 152 Å². The van der Waals surface area contributed by atoms with Gasteiger partial charge in [-0.3, -0.25) is 0 Å². The number of anilines is 2. The number of ether oxygens (including phenoxy) is 2. The number of amides is 2. The molecule has 0 saturated carbocycles. The topological polar surface area (TPSA) is 59.6 Å². The highest BCUT2D eigenvalue weighted by Gasteiger charge is 2.12. The number of hydrogen-bond donors (Lipinski definition) is 2. The van der Waals surface area contributed by atoms with Gasteiger partial charge in [-0.05, 0) is 42.8 Å². The van der Waals surface area contributed by atoms with E-state index in [1.165, 1.54) is 0 Å². The molecular weight excluding hydrogens is 328 g/mol. The van der Waals surface area contributed by atoms with Gasteiger partial charge in [0, 0.05) is 11.8 Å². The van der Waals surface area contributed by atoms with Crippen molar-refractivity contribution in [2.45, 2.75) is 6.92 Å². The number of rotatable bonds is 5. The fraction of sp³-hybridized carbons (Fsp3) is 0.0952. The van der Waals surface area contributed by atoms with Gasteiger partial charge < -0.3 is 20.1 Å². The SMILES string of the molecule is COc1cc(Oc2ccccc2)c(C)cc1NC(=O)Nc1ccccc1. The van der Waals surface area contributed by atoms with Crippen LogP contribution in [0.5, 0.6) is 17.2 Å². The summed E-state index contributed by atoms with van der Waals surface area (Å²) >= 11 is 0. The minimum absolute atomic E-state index is 0.342. The highest BCUT2D eigenvalue weighted by atomic mass is 16.5. The summed E-state index contributed by atoms with van der Waals surface area (Å²) < 4.78 is 11.3. The molecule has 0 aliphatic heterocycles. The Hall–Kier alpha value is -3.47. The molecule has 0 spiro atoms. The monoisotopic (exact) mass is 348 g/mol. The lowest BCUT2D eigenvalue weighted by molar-refractivity contribution is 0.262. The second-order valence-corrected chi connectivity index (χ2v) is 5.68. The minimum Gasteiger partial charge on any atom is -0.494 e. The van der Waals surface area contributed by atoms with Crippen molar-refractivity contribution in [3.05, 3.63) is 78.4 Å². The van der Waals surface area contributed by atoms with Gasteiger partial charge in [-0.2, -0.15) is 0 Å². The van der Waals surface area contributed by atoms with Crippen molar-refractivity contribution < 1.29 is 14.3 Å². The van der Waals surface area contributed by atoms with Crippen LogP contribution < -0.4 is 20.1 Å². The highest BCUT2D eigenvalue weighted by Crippen LogP contribution is 2.35. The fourth-order valence-electron chi connectivity index (χ4n) is 2.47. The smallest absolute Gasteiger partial charge is 0.323 e. The Bertz CT molecular complexity index is 881. The van der Waals surface area contributed by atoms with E-state index >= 15 is 0 Å². The molecule has 26 heavy (non-hydrogen) atoms. The van der Waals surface area contributed by atoms with Crippen molar-refractivity contribution in [3.8, 4) is 17.2 Å². The van der Waals surface area contributed by atoms with Gasteiger partial charge in [0.1, 0.15) is 17.2 Å². The van der Waals surface area contributed by atoms with Crippen LogP contribution in [0.2, 0.25) is 0 Å². The maximum Gasteiger partial charge on any atom is 0.323 e. The molecule has 0 heterocycles. The average molecular weight is 348 g/mol. The van der Waals surface area contributed by atoms with Gasteiger partial charge in [-0.15, -0.1) is 0 Å². The summed E-state index contributed by atoms with van der Waals surface area (Å²) in [5, 5.41) is 5.59. The minimum atomic E-state index is -0.342. The van der Waals surface area contributed by atoms with Gasteiger partial charge in [0.05, 0.1) is 12.8 Å². The number of carbonyl (C=O) groups excluding carboxylic acids is 1. The molecule has 132 valence electrons. The molecule has 0 aromatic heterocycles. The van der Waals surface area contributed by atoms with Crippen molar-refractivity contribution in [3.63, 3.8) is 0 Å². The Morgan fingerprint density at radius 3 is 2.15 bits per heavy atom. The number of nitrogens with one attached hydrogen (secondary N) is 2. The van der Waals surface area contributed by atoms with Crippen LogP contribution in [-0.2, 0) is 0 Å². The van der Waals surface area contributed by atoms with Gasteiger partial charge in [-0.25, -0.2) is 4.79 Å². The second-order valence-electron chi connectivity index (χ2n) is 5.68. The lowest BCUT2D eigenvalue weighted by Gasteiger charge is -2.15. The lowest BCUT2D eigenvalue weighted by Crippen LogP contribution is -2.19. The molecule has 0 saturated heterocycles. The van der Waals surface area contributed by atoms with Gasteiger partial charge in [0.15, 0.2) is 0 Å². The zero-order valence-corrected chi connectivity index (χ0v) is 14.7. The Kier molecular flexibility index (Phi) is 5.39. The maximum absolute atomic E-state index is 12.2. The summed E-state index contributed by atoms with van der Waals surface area (Å²) in [6.45, 7) is 1.91.